The Morgan fingerprint density at radius 1 is 0.917 bits per heavy atom. The van der Waals surface area contributed by atoms with Gasteiger partial charge in [0.15, 0.2) is 5.82 Å². The Morgan fingerprint density at radius 3 is 2.67 bits per heavy atom. The van der Waals surface area contributed by atoms with E-state index in [0.717, 1.165) is 49.2 Å². The summed E-state index contributed by atoms with van der Waals surface area (Å²) >= 11 is 6.03. The highest BCUT2D eigenvalue weighted by Gasteiger charge is 2.16. The van der Waals surface area contributed by atoms with Crippen molar-refractivity contribution in [2.24, 2.45) is 0 Å². The molecule has 1 saturated heterocycles. The van der Waals surface area contributed by atoms with Gasteiger partial charge in [-0.05, 0) is 42.1 Å². The molecule has 0 aliphatic carbocycles. The predicted octanol–water partition coefficient (Wildman–Crippen LogP) is 3.39. The summed E-state index contributed by atoms with van der Waals surface area (Å²) in [6, 6.07) is 12.3. The third-order valence-electron chi connectivity index (χ3n) is 4.42. The van der Waals surface area contributed by atoms with Crippen molar-refractivity contribution in [2.75, 3.05) is 36.0 Å². The quantitative estimate of drug-likeness (QED) is 0.670. The molecule has 1 fully saturated rings. The summed E-state index contributed by atoms with van der Waals surface area (Å²) < 4.78 is 0. The number of nitrogens with zero attached hydrogens (tertiary/aromatic N) is 5. The summed E-state index contributed by atoms with van der Waals surface area (Å²) in [5.74, 6) is 0.954. The molecule has 4 rings (SSSR count). The number of halogens is 1. The van der Waals surface area contributed by atoms with Gasteiger partial charge >= 0.3 is 0 Å². The monoisotopic (exact) mass is 339 g/mol. The average Bonchev–Trinajstić information content (AvgIpc) is 2.88. The predicted molar refractivity (Wildman–Crippen MR) is 97.8 cm³/mol. The largest absolute Gasteiger partial charge is 0.370 e. The number of fused-ring (bicyclic) bond motifs is 1. The molecule has 0 unspecified atom stereocenters. The number of anilines is 2. The summed E-state index contributed by atoms with van der Waals surface area (Å²) in [5.41, 5.74) is 1.23. The first kappa shape index (κ1) is 15.1. The Hall–Kier alpha value is -2.40. The van der Waals surface area contributed by atoms with E-state index < -0.39 is 0 Å². The first-order valence-electron chi connectivity index (χ1n) is 8.12. The van der Waals surface area contributed by atoms with Gasteiger partial charge in [-0.1, -0.05) is 17.7 Å². The SMILES string of the molecule is Clc1cc2cc(N3CCCN(c4cccnn4)CC3)ccc2cn1. The maximum absolute atomic E-state index is 6.03. The fourth-order valence-electron chi connectivity index (χ4n) is 3.17. The van der Waals surface area contributed by atoms with Gasteiger partial charge in [0, 0.05) is 49.6 Å². The Morgan fingerprint density at radius 2 is 1.79 bits per heavy atom. The van der Waals surface area contributed by atoms with Gasteiger partial charge in [-0.2, -0.15) is 5.10 Å². The second-order valence-electron chi connectivity index (χ2n) is 5.95. The molecule has 3 aromatic rings. The smallest absolute Gasteiger partial charge is 0.151 e. The lowest BCUT2D eigenvalue weighted by Crippen LogP contribution is -2.31. The molecule has 6 heteroatoms. The van der Waals surface area contributed by atoms with Gasteiger partial charge in [0.1, 0.15) is 5.15 Å². The van der Waals surface area contributed by atoms with Crippen LogP contribution in [0.2, 0.25) is 5.15 Å². The zero-order valence-electron chi connectivity index (χ0n) is 13.3. The van der Waals surface area contributed by atoms with Crippen LogP contribution in [-0.2, 0) is 0 Å². The summed E-state index contributed by atoms with van der Waals surface area (Å²) in [5, 5.41) is 11.0. The normalized spacial score (nSPS) is 15.5. The molecule has 1 aliphatic rings. The van der Waals surface area contributed by atoms with Gasteiger partial charge < -0.3 is 9.80 Å². The van der Waals surface area contributed by atoms with Crippen LogP contribution in [0.5, 0.6) is 0 Å². The van der Waals surface area contributed by atoms with E-state index in [-0.39, 0.29) is 0 Å². The van der Waals surface area contributed by atoms with E-state index in [1.165, 1.54) is 5.69 Å². The first-order valence-corrected chi connectivity index (χ1v) is 8.50. The molecular weight excluding hydrogens is 322 g/mol. The van der Waals surface area contributed by atoms with E-state index in [1.807, 2.05) is 24.4 Å². The van der Waals surface area contributed by atoms with Crippen molar-refractivity contribution in [3.8, 4) is 0 Å². The van der Waals surface area contributed by atoms with Gasteiger partial charge in [-0.25, -0.2) is 4.98 Å². The van der Waals surface area contributed by atoms with Crippen molar-refractivity contribution in [3.63, 3.8) is 0 Å². The topological polar surface area (TPSA) is 45.2 Å². The van der Waals surface area contributed by atoms with Crippen molar-refractivity contribution >= 4 is 33.9 Å². The number of aromatic nitrogens is 3. The van der Waals surface area contributed by atoms with Crippen LogP contribution in [0, 0.1) is 0 Å². The van der Waals surface area contributed by atoms with E-state index in [9.17, 15) is 0 Å². The summed E-state index contributed by atoms with van der Waals surface area (Å²) in [6.07, 6.45) is 4.62. The minimum atomic E-state index is 0.532. The molecule has 0 N–H and O–H groups in total. The third-order valence-corrected chi connectivity index (χ3v) is 4.62. The number of pyridine rings is 1. The molecule has 0 saturated carbocycles. The molecule has 0 amide bonds. The molecule has 0 atom stereocenters. The Balaban J connectivity index is 1.55. The molecule has 2 aromatic heterocycles. The lowest BCUT2D eigenvalue weighted by molar-refractivity contribution is 0.786. The standard InChI is InChI=1S/C18H18ClN5/c19-17-12-15-11-16(5-4-14(15)13-20-17)23-7-2-8-24(10-9-23)18-3-1-6-21-22-18/h1,3-6,11-13H,2,7-10H2. The Labute approximate surface area is 145 Å². The fraction of sp³-hybridized carbons (Fsp3) is 0.278. The number of rotatable bonds is 2. The van der Waals surface area contributed by atoms with Crippen molar-refractivity contribution in [3.05, 3.63) is 53.9 Å². The van der Waals surface area contributed by atoms with Crippen LogP contribution in [0.4, 0.5) is 11.5 Å². The van der Waals surface area contributed by atoms with Crippen LogP contribution in [-0.4, -0.2) is 41.4 Å². The minimum absolute atomic E-state index is 0.532. The Bertz CT molecular complexity index is 839. The lowest BCUT2D eigenvalue weighted by Gasteiger charge is -2.24. The van der Waals surface area contributed by atoms with Crippen LogP contribution < -0.4 is 9.80 Å². The Kier molecular flexibility index (Phi) is 4.17. The summed E-state index contributed by atoms with van der Waals surface area (Å²) in [6.45, 7) is 3.92. The van der Waals surface area contributed by atoms with E-state index in [2.05, 4.69) is 43.2 Å². The molecule has 24 heavy (non-hydrogen) atoms. The third kappa shape index (κ3) is 3.12. The van der Waals surface area contributed by atoms with Crippen LogP contribution in [0.1, 0.15) is 6.42 Å². The van der Waals surface area contributed by atoms with Crippen LogP contribution in [0.3, 0.4) is 0 Å². The maximum atomic E-state index is 6.03. The van der Waals surface area contributed by atoms with E-state index in [4.69, 9.17) is 11.6 Å². The molecule has 5 nitrogen and oxygen atoms in total. The second-order valence-corrected chi connectivity index (χ2v) is 6.34. The molecule has 1 aromatic carbocycles. The van der Waals surface area contributed by atoms with Crippen molar-refractivity contribution in [1.29, 1.82) is 0 Å². The zero-order chi connectivity index (χ0) is 16.4. The minimum Gasteiger partial charge on any atom is -0.370 e. The molecule has 0 spiro atoms. The van der Waals surface area contributed by atoms with Crippen molar-refractivity contribution in [2.45, 2.75) is 6.42 Å². The molecule has 0 bridgehead atoms. The van der Waals surface area contributed by atoms with E-state index in [0.29, 0.717) is 5.15 Å². The van der Waals surface area contributed by atoms with Crippen molar-refractivity contribution < 1.29 is 0 Å². The summed E-state index contributed by atoms with van der Waals surface area (Å²) in [7, 11) is 0. The first-order chi connectivity index (χ1) is 11.8. The van der Waals surface area contributed by atoms with Gasteiger partial charge in [-0.3, -0.25) is 0 Å². The van der Waals surface area contributed by atoms with Crippen molar-refractivity contribution in [1.82, 2.24) is 15.2 Å². The van der Waals surface area contributed by atoms with Gasteiger partial charge in [0.05, 0.1) is 0 Å². The molecule has 1 aliphatic heterocycles. The second kappa shape index (κ2) is 6.61. The van der Waals surface area contributed by atoms with Gasteiger partial charge in [-0.15, -0.1) is 5.10 Å². The molecular formula is C18H18ClN5. The van der Waals surface area contributed by atoms with Crippen LogP contribution in [0.15, 0.2) is 48.8 Å². The average molecular weight is 340 g/mol. The van der Waals surface area contributed by atoms with Gasteiger partial charge in [0.25, 0.3) is 0 Å². The lowest BCUT2D eigenvalue weighted by atomic mass is 10.1. The van der Waals surface area contributed by atoms with Crippen LogP contribution >= 0.6 is 11.6 Å². The maximum Gasteiger partial charge on any atom is 0.151 e. The van der Waals surface area contributed by atoms with E-state index in [1.54, 1.807) is 6.20 Å². The molecule has 0 radical (unpaired) electrons. The molecule has 122 valence electrons. The number of benzene rings is 1. The highest BCUT2D eigenvalue weighted by Crippen LogP contribution is 2.25. The number of hydrogen-bond acceptors (Lipinski definition) is 5. The van der Waals surface area contributed by atoms with Gasteiger partial charge in [0.2, 0.25) is 0 Å². The molecule has 3 heterocycles. The zero-order valence-corrected chi connectivity index (χ0v) is 14.0. The highest BCUT2D eigenvalue weighted by atomic mass is 35.5. The highest BCUT2D eigenvalue weighted by molar-refractivity contribution is 6.30. The summed E-state index contributed by atoms with van der Waals surface area (Å²) in [4.78, 5) is 8.86. The number of hydrogen-bond donors (Lipinski definition) is 0. The van der Waals surface area contributed by atoms with E-state index >= 15 is 0 Å². The van der Waals surface area contributed by atoms with Crippen LogP contribution in [0.25, 0.3) is 10.8 Å². The fourth-order valence-corrected chi connectivity index (χ4v) is 3.33.